The van der Waals surface area contributed by atoms with Gasteiger partial charge in [0.15, 0.2) is 0 Å². The highest BCUT2D eigenvalue weighted by molar-refractivity contribution is 5.48. The molecule has 0 spiro atoms. The molecule has 112 valence electrons. The molecule has 1 aromatic rings. The van der Waals surface area contributed by atoms with E-state index in [1.54, 1.807) is 0 Å². The van der Waals surface area contributed by atoms with Crippen molar-refractivity contribution in [1.82, 2.24) is 0 Å². The van der Waals surface area contributed by atoms with Crippen LogP contribution in [-0.2, 0) is 4.74 Å². The van der Waals surface area contributed by atoms with Crippen LogP contribution in [0.4, 0.5) is 5.69 Å². The van der Waals surface area contributed by atoms with Gasteiger partial charge in [-0.1, -0.05) is 13.0 Å². The molecule has 0 aliphatic carbocycles. The Morgan fingerprint density at radius 3 is 2.90 bits per heavy atom. The molecule has 20 heavy (non-hydrogen) atoms. The van der Waals surface area contributed by atoms with Crippen LogP contribution in [0.25, 0.3) is 0 Å². The number of ether oxygens (including phenoxy) is 2. The van der Waals surface area contributed by atoms with Crippen LogP contribution in [0.2, 0.25) is 0 Å². The maximum atomic E-state index is 5.99. The second-order valence-electron chi connectivity index (χ2n) is 6.28. The zero-order valence-electron chi connectivity index (χ0n) is 13.1. The topological polar surface area (TPSA) is 30.5 Å². The third kappa shape index (κ3) is 4.41. The van der Waals surface area contributed by atoms with E-state index in [-0.39, 0.29) is 11.7 Å². The summed E-state index contributed by atoms with van der Waals surface area (Å²) in [7, 11) is 0. The van der Waals surface area contributed by atoms with Crippen LogP contribution in [0.1, 0.15) is 47.0 Å². The molecule has 2 unspecified atom stereocenters. The Morgan fingerprint density at radius 2 is 2.25 bits per heavy atom. The summed E-state index contributed by atoms with van der Waals surface area (Å²) in [5.41, 5.74) is 1.13. The quantitative estimate of drug-likeness (QED) is 0.844. The van der Waals surface area contributed by atoms with Gasteiger partial charge in [-0.3, -0.25) is 0 Å². The van der Waals surface area contributed by atoms with Crippen LogP contribution in [-0.4, -0.2) is 24.4 Å². The highest BCUT2D eigenvalue weighted by Crippen LogP contribution is 2.29. The lowest BCUT2D eigenvalue weighted by molar-refractivity contribution is -0.00911. The summed E-state index contributed by atoms with van der Waals surface area (Å²) >= 11 is 0. The van der Waals surface area contributed by atoms with E-state index in [4.69, 9.17) is 9.47 Å². The van der Waals surface area contributed by atoms with E-state index in [9.17, 15) is 0 Å². The fourth-order valence-corrected chi connectivity index (χ4v) is 2.45. The van der Waals surface area contributed by atoms with Crippen molar-refractivity contribution in [2.24, 2.45) is 0 Å². The highest BCUT2D eigenvalue weighted by Gasteiger charge is 2.31. The average Bonchev–Trinajstić information content (AvgIpc) is 2.76. The summed E-state index contributed by atoms with van der Waals surface area (Å²) in [4.78, 5) is 0. The summed E-state index contributed by atoms with van der Waals surface area (Å²) in [6.07, 6.45) is 3.84. The Hall–Kier alpha value is -1.22. The van der Waals surface area contributed by atoms with Crippen molar-refractivity contribution in [3.8, 4) is 5.75 Å². The standard InChI is InChI=1S/C17H27NO2/c1-5-13(2)19-15-8-6-7-14(11-15)18-12-16-9-10-17(3,4)20-16/h6-8,11,13,16,18H,5,9-10,12H2,1-4H3. The third-order valence-corrected chi connectivity index (χ3v) is 3.83. The van der Waals surface area contributed by atoms with Gasteiger partial charge in [0.1, 0.15) is 5.75 Å². The predicted octanol–water partition coefficient (Wildman–Crippen LogP) is 4.23. The van der Waals surface area contributed by atoms with E-state index in [0.29, 0.717) is 6.10 Å². The van der Waals surface area contributed by atoms with Gasteiger partial charge in [0, 0.05) is 18.3 Å². The Labute approximate surface area is 122 Å². The Kier molecular flexibility index (Phi) is 4.92. The van der Waals surface area contributed by atoms with Gasteiger partial charge in [-0.2, -0.15) is 0 Å². The van der Waals surface area contributed by atoms with Crippen molar-refractivity contribution in [2.45, 2.75) is 64.8 Å². The van der Waals surface area contributed by atoms with Crippen molar-refractivity contribution in [3.63, 3.8) is 0 Å². The van der Waals surface area contributed by atoms with Gasteiger partial charge >= 0.3 is 0 Å². The van der Waals surface area contributed by atoms with Crippen LogP contribution in [0.3, 0.4) is 0 Å². The first kappa shape index (κ1) is 15.2. The van der Waals surface area contributed by atoms with E-state index in [1.165, 1.54) is 0 Å². The number of hydrogen-bond donors (Lipinski definition) is 1. The Morgan fingerprint density at radius 1 is 1.45 bits per heavy atom. The molecular formula is C17H27NO2. The van der Waals surface area contributed by atoms with Gasteiger partial charge in [-0.15, -0.1) is 0 Å². The lowest BCUT2D eigenvalue weighted by atomic mass is 10.1. The largest absolute Gasteiger partial charge is 0.491 e. The fraction of sp³-hybridized carbons (Fsp3) is 0.647. The molecule has 0 amide bonds. The van der Waals surface area contributed by atoms with E-state index in [0.717, 1.165) is 37.2 Å². The monoisotopic (exact) mass is 277 g/mol. The molecule has 0 saturated carbocycles. The minimum atomic E-state index is 0.0356. The third-order valence-electron chi connectivity index (χ3n) is 3.83. The van der Waals surface area contributed by atoms with Gasteiger partial charge in [0.05, 0.1) is 17.8 Å². The first-order chi connectivity index (χ1) is 9.48. The predicted molar refractivity (Wildman–Crippen MR) is 83.5 cm³/mol. The molecule has 1 aromatic carbocycles. The minimum absolute atomic E-state index is 0.0356. The van der Waals surface area contributed by atoms with Crippen LogP contribution >= 0.6 is 0 Å². The molecule has 2 rings (SSSR count). The van der Waals surface area contributed by atoms with Crippen molar-refractivity contribution < 1.29 is 9.47 Å². The molecule has 1 saturated heterocycles. The van der Waals surface area contributed by atoms with Gasteiger partial charge < -0.3 is 14.8 Å². The average molecular weight is 277 g/mol. The van der Waals surface area contributed by atoms with Crippen LogP contribution < -0.4 is 10.1 Å². The molecule has 0 radical (unpaired) electrons. The molecule has 1 N–H and O–H groups in total. The zero-order valence-corrected chi connectivity index (χ0v) is 13.1. The second-order valence-corrected chi connectivity index (χ2v) is 6.28. The SMILES string of the molecule is CCC(C)Oc1cccc(NCC2CCC(C)(C)O2)c1. The highest BCUT2D eigenvalue weighted by atomic mass is 16.5. The maximum absolute atomic E-state index is 5.99. The number of nitrogens with one attached hydrogen (secondary N) is 1. The lowest BCUT2D eigenvalue weighted by Gasteiger charge is -2.20. The van der Waals surface area contributed by atoms with Crippen molar-refractivity contribution in [2.75, 3.05) is 11.9 Å². The summed E-state index contributed by atoms with van der Waals surface area (Å²) in [5.74, 6) is 0.928. The molecular weight excluding hydrogens is 250 g/mol. The zero-order chi connectivity index (χ0) is 14.6. The normalized spacial score (nSPS) is 22.5. The van der Waals surface area contributed by atoms with Crippen molar-refractivity contribution in [1.29, 1.82) is 0 Å². The molecule has 1 heterocycles. The van der Waals surface area contributed by atoms with Crippen LogP contribution in [0.15, 0.2) is 24.3 Å². The van der Waals surface area contributed by atoms with E-state index in [1.807, 2.05) is 12.1 Å². The Bertz CT molecular complexity index is 431. The summed E-state index contributed by atoms with van der Waals surface area (Å²) in [6, 6.07) is 8.17. The van der Waals surface area contributed by atoms with E-state index >= 15 is 0 Å². The molecule has 1 aliphatic rings. The summed E-state index contributed by atoms with van der Waals surface area (Å²) in [5, 5.41) is 3.45. The van der Waals surface area contributed by atoms with Gasteiger partial charge in [0.2, 0.25) is 0 Å². The molecule has 0 aromatic heterocycles. The molecule has 1 fully saturated rings. The second kappa shape index (κ2) is 6.49. The molecule has 3 nitrogen and oxygen atoms in total. The van der Waals surface area contributed by atoms with Gasteiger partial charge in [-0.25, -0.2) is 0 Å². The number of benzene rings is 1. The fourth-order valence-electron chi connectivity index (χ4n) is 2.45. The summed E-state index contributed by atoms with van der Waals surface area (Å²) in [6.45, 7) is 9.40. The Balaban J connectivity index is 1.85. The number of anilines is 1. The minimum Gasteiger partial charge on any atom is -0.491 e. The van der Waals surface area contributed by atoms with E-state index in [2.05, 4.69) is 45.1 Å². The lowest BCUT2D eigenvalue weighted by Crippen LogP contribution is -2.24. The van der Waals surface area contributed by atoms with Crippen molar-refractivity contribution >= 4 is 5.69 Å². The first-order valence-corrected chi connectivity index (χ1v) is 7.67. The molecule has 3 heteroatoms. The van der Waals surface area contributed by atoms with Crippen molar-refractivity contribution in [3.05, 3.63) is 24.3 Å². The van der Waals surface area contributed by atoms with Crippen LogP contribution in [0, 0.1) is 0 Å². The van der Waals surface area contributed by atoms with Crippen LogP contribution in [0.5, 0.6) is 5.75 Å². The van der Waals surface area contributed by atoms with E-state index < -0.39 is 0 Å². The molecule has 1 aliphatic heterocycles. The van der Waals surface area contributed by atoms with Gasteiger partial charge in [0.25, 0.3) is 0 Å². The number of hydrogen-bond acceptors (Lipinski definition) is 3. The maximum Gasteiger partial charge on any atom is 0.121 e. The number of rotatable bonds is 6. The first-order valence-electron chi connectivity index (χ1n) is 7.67. The smallest absolute Gasteiger partial charge is 0.121 e. The van der Waals surface area contributed by atoms with Gasteiger partial charge in [-0.05, 0) is 52.2 Å². The summed E-state index contributed by atoms with van der Waals surface area (Å²) < 4.78 is 11.8. The molecule has 2 atom stereocenters. The molecule has 0 bridgehead atoms.